The molecule has 2 aromatic carbocycles. The third kappa shape index (κ3) is 4.54. The smallest absolute Gasteiger partial charge is 0.410 e. The Kier molecular flexibility index (Phi) is 6.73. The molecule has 0 saturated heterocycles. The fraction of sp³-hybridized carbons (Fsp3) is 0.350. The summed E-state index contributed by atoms with van der Waals surface area (Å²) in [7, 11) is 0. The summed E-state index contributed by atoms with van der Waals surface area (Å²) in [4.78, 5) is 15.3. The van der Waals surface area contributed by atoms with E-state index in [0.717, 1.165) is 22.4 Å². The summed E-state index contributed by atoms with van der Waals surface area (Å²) in [5.41, 5.74) is 2.09. The number of ether oxygens (including phenoxy) is 1. The fourth-order valence-corrected chi connectivity index (χ4v) is 2.89. The zero-order valence-corrected chi connectivity index (χ0v) is 15.4. The van der Waals surface area contributed by atoms with Crippen molar-refractivity contribution in [1.29, 1.82) is 0 Å². The van der Waals surface area contributed by atoms with Crippen molar-refractivity contribution in [3.8, 4) is 0 Å². The molecule has 0 radical (unpaired) electrons. The minimum atomic E-state index is -0.282. The molecule has 0 N–H and O–H groups in total. The molecule has 0 saturated carbocycles. The van der Waals surface area contributed by atoms with Gasteiger partial charge in [0.05, 0.1) is 6.04 Å². The summed E-state index contributed by atoms with van der Waals surface area (Å²) in [5.74, 6) is 0. The summed E-state index contributed by atoms with van der Waals surface area (Å²) < 4.78 is 5.78. The maximum Gasteiger partial charge on any atom is 0.410 e. The first-order valence-corrected chi connectivity index (χ1v) is 8.82. The van der Waals surface area contributed by atoms with Gasteiger partial charge in [-0.2, -0.15) is 0 Å². The first kappa shape index (κ1) is 18.4. The van der Waals surface area contributed by atoms with Crippen LogP contribution in [0.4, 0.5) is 4.79 Å². The van der Waals surface area contributed by atoms with Crippen LogP contribution in [-0.2, 0) is 4.74 Å². The zero-order chi connectivity index (χ0) is 17.5. The molecular weight excluding hydrogens is 318 g/mol. The molecule has 2 aromatic rings. The SMILES string of the molecule is CC[C@H](OC(=O)N(CC)[C@@H](C)c1ccc(S)cc1)c1ccccc1. The van der Waals surface area contributed by atoms with E-state index in [0.29, 0.717) is 6.54 Å². The van der Waals surface area contributed by atoms with Crippen molar-refractivity contribution in [2.75, 3.05) is 6.54 Å². The molecule has 0 unspecified atom stereocenters. The van der Waals surface area contributed by atoms with Crippen molar-refractivity contribution < 1.29 is 9.53 Å². The van der Waals surface area contributed by atoms with Gasteiger partial charge in [0.25, 0.3) is 0 Å². The highest BCUT2D eigenvalue weighted by molar-refractivity contribution is 7.80. The second-order valence-electron chi connectivity index (χ2n) is 5.74. The number of hydrogen-bond donors (Lipinski definition) is 1. The van der Waals surface area contributed by atoms with Gasteiger partial charge in [0.1, 0.15) is 6.10 Å². The lowest BCUT2D eigenvalue weighted by molar-refractivity contribution is 0.0519. The average Bonchev–Trinajstić information content (AvgIpc) is 2.61. The fourth-order valence-electron chi connectivity index (χ4n) is 2.74. The Morgan fingerprint density at radius 1 is 1.04 bits per heavy atom. The molecule has 2 atom stereocenters. The van der Waals surface area contributed by atoms with Gasteiger partial charge in [0, 0.05) is 11.4 Å². The van der Waals surface area contributed by atoms with Gasteiger partial charge in [-0.05, 0) is 43.5 Å². The van der Waals surface area contributed by atoms with E-state index in [4.69, 9.17) is 4.74 Å². The number of carbonyl (C=O) groups is 1. The van der Waals surface area contributed by atoms with E-state index in [1.807, 2.05) is 75.4 Å². The van der Waals surface area contributed by atoms with Crippen molar-refractivity contribution in [3.05, 3.63) is 65.7 Å². The Morgan fingerprint density at radius 2 is 1.67 bits per heavy atom. The number of carbonyl (C=O) groups excluding carboxylic acids is 1. The van der Waals surface area contributed by atoms with Crippen LogP contribution < -0.4 is 0 Å². The number of rotatable bonds is 6. The summed E-state index contributed by atoms with van der Waals surface area (Å²) >= 11 is 4.31. The van der Waals surface area contributed by atoms with Crippen molar-refractivity contribution in [2.45, 2.75) is 44.2 Å². The maximum absolute atomic E-state index is 12.7. The highest BCUT2D eigenvalue weighted by Gasteiger charge is 2.24. The third-order valence-electron chi connectivity index (χ3n) is 4.20. The van der Waals surface area contributed by atoms with E-state index in [1.54, 1.807) is 4.90 Å². The van der Waals surface area contributed by atoms with Crippen LogP contribution in [0.5, 0.6) is 0 Å². The number of hydrogen-bond acceptors (Lipinski definition) is 3. The first-order valence-electron chi connectivity index (χ1n) is 8.37. The van der Waals surface area contributed by atoms with E-state index in [2.05, 4.69) is 12.6 Å². The molecule has 2 rings (SSSR count). The van der Waals surface area contributed by atoms with E-state index >= 15 is 0 Å². The standard InChI is InChI=1S/C20H25NO2S/c1-4-19(17-9-7-6-8-10-17)23-20(22)21(5-2)15(3)16-11-13-18(24)14-12-16/h6-15,19,24H,4-5H2,1-3H3/t15-,19-/m0/s1. The Morgan fingerprint density at radius 3 is 2.21 bits per heavy atom. The molecule has 0 aliphatic heterocycles. The second-order valence-corrected chi connectivity index (χ2v) is 6.26. The summed E-state index contributed by atoms with van der Waals surface area (Å²) in [6.45, 7) is 6.60. The minimum absolute atomic E-state index is 0.0512. The molecule has 0 aliphatic rings. The van der Waals surface area contributed by atoms with Gasteiger partial charge in [0.15, 0.2) is 0 Å². The number of thiol groups is 1. The van der Waals surface area contributed by atoms with Gasteiger partial charge in [-0.3, -0.25) is 0 Å². The zero-order valence-electron chi connectivity index (χ0n) is 14.5. The molecule has 0 aliphatic carbocycles. The summed E-state index contributed by atoms with van der Waals surface area (Å²) in [5, 5.41) is 0. The van der Waals surface area contributed by atoms with Crippen LogP contribution in [0.2, 0.25) is 0 Å². The predicted octanol–water partition coefficient (Wildman–Crippen LogP) is 5.65. The lowest BCUT2D eigenvalue weighted by Crippen LogP contribution is -2.34. The van der Waals surface area contributed by atoms with E-state index in [1.165, 1.54) is 0 Å². The van der Waals surface area contributed by atoms with E-state index in [9.17, 15) is 4.79 Å². The van der Waals surface area contributed by atoms with Gasteiger partial charge in [-0.1, -0.05) is 49.4 Å². The largest absolute Gasteiger partial charge is 0.441 e. The molecule has 0 aromatic heterocycles. The number of nitrogens with zero attached hydrogens (tertiary/aromatic N) is 1. The summed E-state index contributed by atoms with van der Waals surface area (Å²) in [6, 6.07) is 17.7. The van der Waals surface area contributed by atoms with Crippen LogP contribution in [0.3, 0.4) is 0 Å². The van der Waals surface area contributed by atoms with Gasteiger partial charge >= 0.3 is 6.09 Å². The van der Waals surface area contributed by atoms with E-state index in [-0.39, 0.29) is 18.2 Å². The van der Waals surface area contributed by atoms with Crippen LogP contribution in [0.1, 0.15) is 50.5 Å². The molecule has 128 valence electrons. The van der Waals surface area contributed by atoms with Crippen LogP contribution in [0, 0.1) is 0 Å². The molecule has 0 spiro atoms. The molecule has 24 heavy (non-hydrogen) atoms. The first-order chi connectivity index (χ1) is 11.6. The van der Waals surface area contributed by atoms with Crippen molar-refractivity contribution in [2.24, 2.45) is 0 Å². The third-order valence-corrected chi connectivity index (χ3v) is 4.50. The quantitative estimate of drug-likeness (QED) is 0.687. The molecular formula is C20H25NO2S. The van der Waals surface area contributed by atoms with Crippen LogP contribution in [-0.4, -0.2) is 17.5 Å². The van der Waals surface area contributed by atoms with Crippen LogP contribution >= 0.6 is 12.6 Å². The van der Waals surface area contributed by atoms with E-state index < -0.39 is 0 Å². The molecule has 0 bridgehead atoms. The number of amides is 1. The lowest BCUT2D eigenvalue weighted by atomic mass is 10.1. The van der Waals surface area contributed by atoms with Crippen LogP contribution in [0.25, 0.3) is 0 Å². The molecule has 0 fully saturated rings. The van der Waals surface area contributed by atoms with Crippen molar-refractivity contribution in [1.82, 2.24) is 4.90 Å². The van der Waals surface area contributed by atoms with Crippen molar-refractivity contribution in [3.63, 3.8) is 0 Å². The second kappa shape index (κ2) is 8.78. The van der Waals surface area contributed by atoms with Gasteiger partial charge in [-0.25, -0.2) is 4.79 Å². The Balaban J connectivity index is 2.11. The van der Waals surface area contributed by atoms with Gasteiger partial charge in [-0.15, -0.1) is 12.6 Å². The normalized spacial score (nSPS) is 13.2. The minimum Gasteiger partial charge on any atom is -0.441 e. The van der Waals surface area contributed by atoms with Gasteiger partial charge < -0.3 is 9.64 Å². The highest BCUT2D eigenvalue weighted by atomic mass is 32.1. The van der Waals surface area contributed by atoms with Crippen molar-refractivity contribution >= 4 is 18.7 Å². The highest BCUT2D eigenvalue weighted by Crippen LogP contribution is 2.26. The topological polar surface area (TPSA) is 29.5 Å². The average molecular weight is 343 g/mol. The van der Waals surface area contributed by atoms with Crippen LogP contribution in [0.15, 0.2) is 59.5 Å². The summed E-state index contributed by atoms with van der Waals surface area (Å²) in [6.07, 6.45) is 0.242. The monoisotopic (exact) mass is 343 g/mol. The Labute approximate surface area is 150 Å². The molecule has 4 heteroatoms. The lowest BCUT2D eigenvalue weighted by Gasteiger charge is -2.29. The van der Waals surface area contributed by atoms with Gasteiger partial charge in [0.2, 0.25) is 0 Å². The molecule has 0 heterocycles. The molecule has 3 nitrogen and oxygen atoms in total. The Hall–Kier alpha value is -1.94. The Bertz CT molecular complexity index is 642. The number of benzene rings is 2. The predicted molar refractivity (Wildman–Crippen MR) is 100 cm³/mol. The maximum atomic E-state index is 12.7. The molecule has 1 amide bonds.